The van der Waals surface area contributed by atoms with Crippen molar-refractivity contribution in [3.05, 3.63) is 71.9 Å². The molecule has 0 atom stereocenters. The number of carbonyl (C=O) groups is 1. The number of methoxy groups -OCH3 is 1. The number of nitrogens with zero attached hydrogens (tertiary/aromatic N) is 2. The van der Waals surface area contributed by atoms with Crippen LogP contribution in [0.25, 0.3) is 0 Å². The van der Waals surface area contributed by atoms with Gasteiger partial charge in [-0.25, -0.2) is 14.4 Å². The van der Waals surface area contributed by atoms with Crippen molar-refractivity contribution >= 4 is 23.1 Å². The van der Waals surface area contributed by atoms with Crippen molar-refractivity contribution in [2.45, 2.75) is 6.92 Å². The lowest BCUT2D eigenvalue weighted by Crippen LogP contribution is -2.16. The Morgan fingerprint density at radius 1 is 1.08 bits per heavy atom. The van der Waals surface area contributed by atoms with Crippen LogP contribution in [0.1, 0.15) is 16.3 Å². The number of nitrogens with one attached hydrogen (secondary N) is 2. The van der Waals surface area contributed by atoms with Gasteiger partial charge in [0.05, 0.1) is 12.8 Å². The second-order valence-corrected chi connectivity index (χ2v) is 5.47. The molecular weight excluding hydrogens is 335 g/mol. The first kappa shape index (κ1) is 17.3. The molecule has 0 aliphatic rings. The Balaban J connectivity index is 1.82. The maximum absolute atomic E-state index is 13.0. The number of aryl methyl sites for hydroxylation is 1. The van der Waals surface area contributed by atoms with Gasteiger partial charge >= 0.3 is 0 Å². The van der Waals surface area contributed by atoms with Gasteiger partial charge in [-0.15, -0.1) is 0 Å². The minimum absolute atomic E-state index is 0.202. The first-order valence-electron chi connectivity index (χ1n) is 7.88. The second-order valence-electron chi connectivity index (χ2n) is 5.47. The minimum Gasteiger partial charge on any atom is -0.495 e. The van der Waals surface area contributed by atoms with Crippen molar-refractivity contribution in [3.63, 3.8) is 0 Å². The third-order valence-corrected chi connectivity index (χ3v) is 3.54. The van der Waals surface area contributed by atoms with Crippen LogP contribution in [0.4, 0.5) is 21.6 Å². The van der Waals surface area contributed by atoms with Gasteiger partial charge in [0.25, 0.3) is 5.91 Å². The van der Waals surface area contributed by atoms with Crippen molar-refractivity contribution in [3.8, 4) is 5.75 Å². The Hall–Kier alpha value is -3.48. The third-order valence-electron chi connectivity index (χ3n) is 3.54. The van der Waals surface area contributed by atoms with E-state index in [0.717, 1.165) is 0 Å². The van der Waals surface area contributed by atoms with Gasteiger partial charge in [-0.2, -0.15) is 0 Å². The molecule has 1 aromatic heterocycles. The molecule has 0 saturated carbocycles. The second kappa shape index (κ2) is 7.60. The molecule has 3 rings (SSSR count). The lowest BCUT2D eigenvalue weighted by molar-refractivity contribution is 0.102. The number of benzene rings is 2. The molecule has 6 nitrogen and oxygen atoms in total. The highest BCUT2D eigenvalue weighted by Gasteiger charge is 2.13. The standard InChI is InChI=1S/C19H17FN4O2/c1-12-21-16(19(25)24-15-5-3-4-6-17(15)26-2)11-18(22-12)23-14-9-7-13(20)8-10-14/h3-11H,1-2H3,(H,24,25)(H,21,22,23). The van der Waals surface area contributed by atoms with E-state index < -0.39 is 0 Å². The number of ether oxygens (including phenoxy) is 1. The third kappa shape index (κ3) is 4.13. The first-order chi connectivity index (χ1) is 12.5. The van der Waals surface area contributed by atoms with E-state index in [1.807, 2.05) is 6.07 Å². The Kier molecular flexibility index (Phi) is 5.07. The van der Waals surface area contributed by atoms with Crippen molar-refractivity contribution in [1.29, 1.82) is 0 Å². The fourth-order valence-electron chi connectivity index (χ4n) is 2.36. The van der Waals surface area contributed by atoms with E-state index in [1.165, 1.54) is 25.3 Å². The monoisotopic (exact) mass is 352 g/mol. The van der Waals surface area contributed by atoms with Crippen LogP contribution in [0, 0.1) is 12.7 Å². The average molecular weight is 352 g/mol. The van der Waals surface area contributed by atoms with Crippen LogP contribution in [0.3, 0.4) is 0 Å². The maximum Gasteiger partial charge on any atom is 0.274 e. The largest absolute Gasteiger partial charge is 0.495 e. The highest BCUT2D eigenvalue weighted by atomic mass is 19.1. The van der Waals surface area contributed by atoms with E-state index in [0.29, 0.717) is 28.8 Å². The fraction of sp³-hybridized carbons (Fsp3) is 0.105. The quantitative estimate of drug-likeness (QED) is 0.728. The highest BCUT2D eigenvalue weighted by molar-refractivity contribution is 6.04. The van der Waals surface area contributed by atoms with E-state index in [9.17, 15) is 9.18 Å². The Morgan fingerprint density at radius 3 is 2.54 bits per heavy atom. The van der Waals surface area contributed by atoms with Crippen molar-refractivity contribution in [2.24, 2.45) is 0 Å². The number of halogens is 1. The number of carbonyl (C=O) groups excluding carboxylic acids is 1. The molecule has 0 aliphatic carbocycles. The minimum atomic E-state index is -0.387. The maximum atomic E-state index is 13.0. The average Bonchev–Trinajstić information content (AvgIpc) is 2.63. The molecule has 0 fully saturated rings. The number of aromatic nitrogens is 2. The number of anilines is 3. The summed E-state index contributed by atoms with van der Waals surface area (Å²) in [5.74, 6) is 0.710. The normalized spacial score (nSPS) is 10.3. The Morgan fingerprint density at radius 2 is 1.81 bits per heavy atom. The van der Waals surface area contributed by atoms with Crippen LogP contribution in [0.5, 0.6) is 5.75 Å². The topological polar surface area (TPSA) is 76.1 Å². The predicted molar refractivity (Wildman–Crippen MR) is 97.4 cm³/mol. The summed E-state index contributed by atoms with van der Waals surface area (Å²) in [5.41, 5.74) is 1.40. The van der Waals surface area contributed by atoms with E-state index >= 15 is 0 Å². The van der Waals surface area contributed by atoms with Crippen LogP contribution >= 0.6 is 0 Å². The molecule has 132 valence electrons. The molecule has 2 N–H and O–H groups in total. The van der Waals surface area contributed by atoms with Gasteiger partial charge in [0.15, 0.2) is 0 Å². The number of hydrogen-bond donors (Lipinski definition) is 2. The summed E-state index contributed by atoms with van der Waals surface area (Å²) in [6.07, 6.45) is 0. The van der Waals surface area contributed by atoms with E-state index in [2.05, 4.69) is 20.6 Å². The summed E-state index contributed by atoms with van der Waals surface area (Å²) in [7, 11) is 1.53. The molecule has 1 heterocycles. The van der Waals surface area contributed by atoms with Crippen LogP contribution in [0.2, 0.25) is 0 Å². The van der Waals surface area contributed by atoms with E-state index in [4.69, 9.17) is 4.74 Å². The molecule has 0 saturated heterocycles. The summed E-state index contributed by atoms with van der Waals surface area (Å²) >= 11 is 0. The van der Waals surface area contributed by atoms with Gasteiger partial charge in [-0.1, -0.05) is 12.1 Å². The van der Waals surface area contributed by atoms with Crippen molar-refractivity contribution in [2.75, 3.05) is 17.7 Å². The Bertz CT molecular complexity index is 929. The summed E-state index contributed by atoms with van der Waals surface area (Å²) < 4.78 is 18.2. The van der Waals surface area contributed by atoms with Crippen molar-refractivity contribution < 1.29 is 13.9 Å². The molecular formula is C19H17FN4O2. The summed E-state index contributed by atoms with van der Waals surface area (Å²) in [5, 5.41) is 5.80. The van der Waals surface area contributed by atoms with Gasteiger partial charge in [0.1, 0.15) is 28.9 Å². The zero-order valence-corrected chi connectivity index (χ0v) is 14.3. The van der Waals surface area contributed by atoms with Crippen LogP contribution < -0.4 is 15.4 Å². The van der Waals surface area contributed by atoms with Gasteiger partial charge in [-0.05, 0) is 43.3 Å². The Labute approximate surface area is 150 Å². The molecule has 7 heteroatoms. The number of rotatable bonds is 5. The molecule has 2 aromatic carbocycles. The molecule has 0 unspecified atom stereocenters. The summed E-state index contributed by atoms with van der Waals surface area (Å²) in [6, 6.07) is 14.5. The lowest BCUT2D eigenvalue weighted by atomic mass is 10.2. The zero-order valence-electron chi connectivity index (χ0n) is 14.3. The highest BCUT2D eigenvalue weighted by Crippen LogP contribution is 2.24. The predicted octanol–water partition coefficient (Wildman–Crippen LogP) is 3.93. The summed E-state index contributed by atoms with van der Waals surface area (Å²) in [4.78, 5) is 21.0. The molecule has 0 bridgehead atoms. The zero-order chi connectivity index (χ0) is 18.5. The van der Waals surface area contributed by atoms with E-state index in [1.54, 1.807) is 37.3 Å². The fourth-order valence-corrected chi connectivity index (χ4v) is 2.36. The number of amides is 1. The van der Waals surface area contributed by atoms with Gasteiger partial charge < -0.3 is 15.4 Å². The SMILES string of the molecule is COc1ccccc1NC(=O)c1cc(Nc2ccc(F)cc2)nc(C)n1. The summed E-state index contributed by atoms with van der Waals surface area (Å²) in [6.45, 7) is 1.69. The lowest BCUT2D eigenvalue weighted by Gasteiger charge is -2.11. The molecule has 0 aliphatic heterocycles. The number of hydrogen-bond acceptors (Lipinski definition) is 5. The van der Waals surface area contributed by atoms with E-state index in [-0.39, 0.29) is 17.4 Å². The number of para-hydroxylation sites is 2. The van der Waals surface area contributed by atoms with Gasteiger partial charge in [0.2, 0.25) is 0 Å². The van der Waals surface area contributed by atoms with Crippen LogP contribution in [-0.4, -0.2) is 23.0 Å². The van der Waals surface area contributed by atoms with Gasteiger partial charge in [-0.3, -0.25) is 4.79 Å². The first-order valence-corrected chi connectivity index (χ1v) is 7.88. The molecule has 0 spiro atoms. The smallest absolute Gasteiger partial charge is 0.274 e. The van der Waals surface area contributed by atoms with Crippen LogP contribution in [-0.2, 0) is 0 Å². The molecule has 26 heavy (non-hydrogen) atoms. The van der Waals surface area contributed by atoms with Crippen molar-refractivity contribution in [1.82, 2.24) is 9.97 Å². The van der Waals surface area contributed by atoms with Crippen LogP contribution in [0.15, 0.2) is 54.6 Å². The van der Waals surface area contributed by atoms with Gasteiger partial charge in [0, 0.05) is 11.8 Å². The molecule has 3 aromatic rings. The molecule has 1 amide bonds. The molecule has 0 radical (unpaired) electrons.